The van der Waals surface area contributed by atoms with Gasteiger partial charge in [0.2, 0.25) is 11.9 Å². The third kappa shape index (κ3) is 5.98. The number of ether oxygens (including phenoxy) is 1. The van der Waals surface area contributed by atoms with Gasteiger partial charge in [0.15, 0.2) is 0 Å². The van der Waals surface area contributed by atoms with Crippen molar-refractivity contribution in [2.75, 3.05) is 56.9 Å². The predicted molar refractivity (Wildman–Crippen MR) is 173 cm³/mol. The number of aromatic nitrogens is 4. The maximum Gasteiger partial charge on any atom is 0.329 e. The molecule has 2 N–H and O–H groups in total. The van der Waals surface area contributed by atoms with Crippen LogP contribution in [0.5, 0.6) is 5.75 Å². The standard InChI is InChI=1S/C32H40N8O3/c1-8-29(41)34-24-18-25(28(43-7)19-26(24)38(6)15-14-37(4)5)36-31-33-12-11-23(35-31)22-16-21-10-9-13-39-30(21)27(17-22)40(20(2)3)32(39)42/h8,11-12,16-20H,1,9-10,13-15H2,2-7H3,(H,34,41)(H,33,35,36). The molecule has 2 aromatic heterocycles. The van der Waals surface area contributed by atoms with Gasteiger partial charge < -0.3 is 25.2 Å². The largest absolute Gasteiger partial charge is 0.494 e. The van der Waals surface area contributed by atoms with Gasteiger partial charge in [-0.25, -0.2) is 14.8 Å². The van der Waals surface area contributed by atoms with E-state index in [1.807, 2.05) is 62.3 Å². The number of methoxy groups -OCH3 is 1. The third-order valence-electron chi connectivity index (χ3n) is 7.73. The molecule has 11 nitrogen and oxygen atoms in total. The van der Waals surface area contributed by atoms with Crippen LogP contribution < -0.4 is 26.0 Å². The van der Waals surface area contributed by atoms with Crippen molar-refractivity contribution in [2.45, 2.75) is 39.3 Å². The van der Waals surface area contributed by atoms with E-state index in [1.165, 1.54) is 6.08 Å². The average molecular weight is 585 g/mol. The van der Waals surface area contributed by atoms with Crippen LogP contribution in [-0.2, 0) is 17.8 Å². The van der Waals surface area contributed by atoms with Crippen molar-refractivity contribution >= 4 is 40.0 Å². The number of carbonyl (C=O) groups excluding carboxylic acids is 1. The SMILES string of the molecule is C=CC(=O)Nc1cc(Nc2nccc(-c3cc4c5c(c3)n(C(C)C)c(=O)n5CCC4)n2)c(OC)cc1N(C)CCN(C)C. The van der Waals surface area contributed by atoms with Crippen molar-refractivity contribution in [3.05, 3.63) is 65.2 Å². The lowest BCUT2D eigenvalue weighted by molar-refractivity contribution is -0.111. The number of likely N-dealkylation sites (N-methyl/N-ethyl adjacent to an activating group) is 2. The molecule has 2 aromatic carbocycles. The summed E-state index contributed by atoms with van der Waals surface area (Å²) >= 11 is 0. The van der Waals surface area contributed by atoms with Crippen molar-refractivity contribution in [1.29, 1.82) is 0 Å². The Morgan fingerprint density at radius 3 is 2.65 bits per heavy atom. The number of rotatable bonds is 11. The van der Waals surface area contributed by atoms with Crippen LogP contribution in [0.15, 0.2) is 54.0 Å². The van der Waals surface area contributed by atoms with Gasteiger partial charge >= 0.3 is 5.69 Å². The monoisotopic (exact) mass is 584 g/mol. The summed E-state index contributed by atoms with van der Waals surface area (Å²) < 4.78 is 9.52. The molecular formula is C32H40N8O3. The first kappa shape index (κ1) is 29.8. The summed E-state index contributed by atoms with van der Waals surface area (Å²) in [7, 11) is 7.61. The molecule has 226 valence electrons. The molecule has 43 heavy (non-hydrogen) atoms. The maximum atomic E-state index is 13.2. The van der Waals surface area contributed by atoms with Crippen molar-refractivity contribution in [2.24, 2.45) is 0 Å². The number of aryl methyl sites for hydroxylation is 2. The molecule has 0 fully saturated rings. The van der Waals surface area contributed by atoms with E-state index in [9.17, 15) is 9.59 Å². The summed E-state index contributed by atoms with van der Waals surface area (Å²) in [5, 5.41) is 6.21. The minimum absolute atomic E-state index is 0.0354. The van der Waals surface area contributed by atoms with Crippen LogP contribution in [0.25, 0.3) is 22.3 Å². The summed E-state index contributed by atoms with van der Waals surface area (Å²) in [4.78, 5) is 39.0. The molecule has 1 amide bonds. The predicted octanol–water partition coefficient (Wildman–Crippen LogP) is 4.66. The molecule has 0 atom stereocenters. The highest BCUT2D eigenvalue weighted by Crippen LogP contribution is 2.38. The molecule has 11 heteroatoms. The first-order chi connectivity index (χ1) is 20.6. The summed E-state index contributed by atoms with van der Waals surface area (Å²) in [5.41, 5.74) is 6.80. The Bertz CT molecular complexity index is 1740. The van der Waals surface area contributed by atoms with Gasteiger partial charge in [-0.3, -0.25) is 13.9 Å². The van der Waals surface area contributed by atoms with Gasteiger partial charge in [-0.2, -0.15) is 0 Å². The summed E-state index contributed by atoms with van der Waals surface area (Å²) in [6, 6.07) is 9.79. The van der Waals surface area contributed by atoms with E-state index < -0.39 is 0 Å². The molecule has 4 aromatic rings. The lowest BCUT2D eigenvalue weighted by atomic mass is 10.00. The molecule has 0 bridgehead atoms. The Morgan fingerprint density at radius 2 is 1.95 bits per heavy atom. The van der Waals surface area contributed by atoms with Crippen LogP contribution in [0, 0.1) is 0 Å². The van der Waals surface area contributed by atoms with Crippen LogP contribution in [-0.4, -0.2) is 71.3 Å². The highest BCUT2D eigenvalue weighted by atomic mass is 16.5. The van der Waals surface area contributed by atoms with Crippen LogP contribution in [0.4, 0.5) is 23.0 Å². The molecule has 0 radical (unpaired) electrons. The Morgan fingerprint density at radius 1 is 1.16 bits per heavy atom. The first-order valence-corrected chi connectivity index (χ1v) is 14.5. The van der Waals surface area contributed by atoms with Crippen LogP contribution >= 0.6 is 0 Å². The molecule has 0 aliphatic carbocycles. The van der Waals surface area contributed by atoms with Gasteiger partial charge in [0.25, 0.3) is 0 Å². The first-order valence-electron chi connectivity index (χ1n) is 14.5. The van der Waals surface area contributed by atoms with E-state index in [0.717, 1.165) is 66.0 Å². The molecule has 0 unspecified atom stereocenters. The number of nitrogens with one attached hydrogen (secondary N) is 2. The molecule has 1 aliphatic heterocycles. The minimum Gasteiger partial charge on any atom is -0.494 e. The number of imidazole rings is 1. The van der Waals surface area contributed by atoms with E-state index in [2.05, 4.69) is 44.1 Å². The third-order valence-corrected chi connectivity index (χ3v) is 7.73. The highest BCUT2D eigenvalue weighted by Gasteiger charge is 2.23. The van der Waals surface area contributed by atoms with Crippen LogP contribution in [0.1, 0.15) is 31.9 Å². The van der Waals surface area contributed by atoms with E-state index in [-0.39, 0.29) is 17.6 Å². The molecule has 0 saturated carbocycles. The minimum atomic E-state index is -0.315. The lowest BCUT2D eigenvalue weighted by Gasteiger charge is -2.26. The van der Waals surface area contributed by atoms with Gasteiger partial charge in [-0.1, -0.05) is 6.58 Å². The normalized spacial score (nSPS) is 12.6. The Balaban J connectivity index is 1.53. The molecule has 0 saturated heterocycles. The number of carbonyl (C=O) groups is 1. The smallest absolute Gasteiger partial charge is 0.329 e. The van der Waals surface area contributed by atoms with Gasteiger partial charge in [-0.05, 0) is 76.7 Å². The zero-order valence-corrected chi connectivity index (χ0v) is 25.8. The lowest BCUT2D eigenvalue weighted by Crippen LogP contribution is -2.29. The molecular weight excluding hydrogens is 544 g/mol. The highest BCUT2D eigenvalue weighted by molar-refractivity contribution is 6.02. The second kappa shape index (κ2) is 12.3. The fourth-order valence-electron chi connectivity index (χ4n) is 5.58. The average Bonchev–Trinajstić information content (AvgIpc) is 3.28. The van der Waals surface area contributed by atoms with E-state index >= 15 is 0 Å². The summed E-state index contributed by atoms with van der Waals surface area (Å²) in [6.45, 7) is 9.98. The van der Waals surface area contributed by atoms with Gasteiger partial charge in [0.1, 0.15) is 5.75 Å². The second-order valence-electron chi connectivity index (χ2n) is 11.4. The Kier molecular flexibility index (Phi) is 8.54. The fraction of sp³-hybridized carbons (Fsp3) is 0.375. The second-order valence-corrected chi connectivity index (χ2v) is 11.4. The summed E-state index contributed by atoms with van der Waals surface area (Å²) in [5.74, 6) is 0.633. The number of anilines is 4. The van der Waals surface area contributed by atoms with Crippen LogP contribution in [0.3, 0.4) is 0 Å². The molecule has 3 heterocycles. The van der Waals surface area contributed by atoms with E-state index in [4.69, 9.17) is 9.72 Å². The molecule has 5 rings (SSSR count). The Labute approximate surface area is 251 Å². The topological polar surface area (TPSA) is 110 Å². The fourth-order valence-corrected chi connectivity index (χ4v) is 5.58. The number of benzene rings is 2. The van der Waals surface area contributed by atoms with Crippen LogP contribution in [0.2, 0.25) is 0 Å². The zero-order chi connectivity index (χ0) is 30.8. The quantitative estimate of drug-likeness (QED) is 0.245. The molecule has 1 aliphatic rings. The van der Waals surface area contributed by atoms with Crippen molar-refractivity contribution in [1.82, 2.24) is 24.0 Å². The van der Waals surface area contributed by atoms with Crippen molar-refractivity contribution in [3.63, 3.8) is 0 Å². The number of hydrogen-bond acceptors (Lipinski definition) is 8. The molecule has 0 spiro atoms. The number of hydrogen-bond donors (Lipinski definition) is 2. The Hall–Kier alpha value is -4.64. The zero-order valence-electron chi connectivity index (χ0n) is 25.8. The number of amides is 1. The summed E-state index contributed by atoms with van der Waals surface area (Å²) in [6.07, 6.45) is 4.78. The van der Waals surface area contributed by atoms with Gasteiger partial charge in [0, 0.05) is 50.6 Å². The van der Waals surface area contributed by atoms with E-state index in [1.54, 1.807) is 13.3 Å². The van der Waals surface area contributed by atoms with Gasteiger partial charge in [-0.15, -0.1) is 0 Å². The van der Waals surface area contributed by atoms with Crippen molar-refractivity contribution in [3.8, 4) is 17.0 Å². The van der Waals surface area contributed by atoms with E-state index in [0.29, 0.717) is 23.1 Å². The van der Waals surface area contributed by atoms with Crippen molar-refractivity contribution < 1.29 is 9.53 Å². The van der Waals surface area contributed by atoms with Gasteiger partial charge in [0.05, 0.1) is 40.9 Å². The number of nitrogens with zero attached hydrogens (tertiary/aromatic N) is 6. The maximum absolute atomic E-state index is 13.2.